The molecule has 1 N–H and O–H groups in total. The molecular weight excluding hydrogens is 368 g/mol. The fraction of sp³-hybridized carbons (Fsp3) is 0.0952. The Balaban J connectivity index is 1.41. The van der Waals surface area contributed by atoms with Crippen LogP contribution in [0.2, 0.25) is 0 Å². The molecule has 0 unspecified atom stereocenters. The molecule has 0 spiro atoms. The van der Waals surface area contributed by atoms with Crippen molar-refractivity contribution in [2.75, 3.05) is 0 Å². The highest BCUT2D eigenvalue weighted by Gasteiger charge is 2.10. The van der Waals surface area contributed by atoms with Crippen molar-refractivity contribution in [1.82, 2.24) is 29.9 Å². The fourth-order valence-corrected chi connectivity index (χ4v) is 2.82. The summed E-state index contributed by atoms with van der Waals surface area (Å²) in [6.45, 7) is 0.992. The van der Waals surface area contributed by atoms with Gasteiger partial charge in [-0.05, 0) is 29.3 Å². The molecule has 4 aromatic rings. The van der Waals surface area contributed by atoms with E-state index in [1.807, 2.05) is 42.5 Å². The van der Waals surface area contributed by atoms with Gasteiger partial charge in [-0.1, -0.05) is 42.5 Å². The molecule has 0 saturated carbocycles. The minimum absolute atomic E-state index is 0.177. The molecule has 2 aromatic heterocycles. The van der Waals surface area contributed by atoms with E-state index in [-0.39, 0.29) is 17.2 Å². The van der Waals surface area contributed by atoms with E-state index < -0.39 is 0 Å². The zero-order valence-electron chi connectivity index (χ0n) is 15.5. The number of carbonyl (C=O) groups is 1. The SMILES string of the molecule is O=C(NCc1ccc(Cn2cncn2)cc1)c1ccc(=O)n(-c2ccccc2)n1. The molecule has 0 aliphatic rings. The van der Waals surface area contributed by atoms with Crippen LogP contribution in [-0.2, 0) is 13.1 Å². The number of aromatic nitrogens is 5. The first-order chi connectivity index (χ1) is 14.2. The monoisotopic (exact) mass is 386 g/mol. The lowest BCUT2D eigenvalue weighted by Gasteiger charge is -2.08. The molecular formula is C21H18N6O2. The third-order valence-corrected chi connectivity index (χ3v) is 4.32. The Morgan fingerprint density at radius 3 is 2.41 bits per heavy atom. The summed E-state index contributed by atoms with van der Waals surface area (Å²) in [5, 5.41) is 11.1. The molecule has 4 rings (SSSR count). The highest BCUT2D eigenvalue weighted by molar-refractivity contribution is 5.92. The summed E-state index contributed by atoms with van der Waals surface area (Å²) < 4.78 is 2.96. The largest absolute Gasteiger partial charge is 0.347 e. The van der Waals surface area contributed by atoms with Gasteiger partial charge < -0.3 is 5.32 Å². The lowest BCUT2D eigenvalue weighted by atomic mass is 10.1. The average Bonchev–Trinajstić information content (AvgIpc) is 3.27. The number of rotatable bonds is 6. The smallest absolute Gasteiger partial charge is 0.272 e. The Bertz CT molecular complexity index is 1150. The Hall–Kier alpha value is -4.07. The summed E-state index contributed by atoms with van der Waals surface area (Å²) >= 11 is 0. The van der Waals surface area contributed by atoms with Crippen LogP contribution in [0.5, 0.6) is 0 Å². The Morgan fingerprint density at radius 2 is 1.69 bits per heavy atom. The summed E-state index contributed by atoms with van der Waals surface area (Å²) in [5.74, 6) is -0.346. The summed E-state index contributed by atoms with van der Waals surface area (Å²) in [6, 6.07) is 19.6. The molecule has 0 aliphatic carbocycles. The van der Waals surface area contributed by atoms with Crippen molar-refractivity contribution in [1.29, 1.82) is 0 Å². The van der Waals surface area contributed by atoms with Gasteiger partial charge in [0, 0.05) is 12.6 Å². The Morgan fingerprint density at radius 1 is 0.931 bits per heavy atom. The highest BCUT2D eigenvalue weighted by atomic mass is 16.2. The van der Waals surface area contributed by atoms with Gasteiger partial charge >= 0.3 is 0 Å². The van der Waals surface area contributed by atoms with Crippen molar-refractivity contribution in [2.24, 2.45) is 0 Å². The summed E-state index contributed by atoms with van der Waals surface area (Å²) in [5.41, 5.74) is 2.53. The Kier molecular flexibility index (Phi) is 5.24. The Labute approximate surface area is 166 Å². The lowest BCUT2D eigenvalue weighted by molar-refractivity contribution is 0.0944. The van der Waals surface area contributed by atoms with Gasteiger partial charge in [-0.25, -0.2) is 9.67 Å². The predicted octanol–water partition coefficient (Wildman–Crippen LogP) is 1.80. The minimum Gasteiger partial charge on any atom is -0.347 e. The number of benzene rings is 2. The van der Waals surface area contributed by atoms with Crippen LogP contribution in [0.3, 0.4) is 0 Å². The summed E-state index contributed by atoms with van der Waals surface area (Å²) in [7, 11) is 0. The molecule has 29 heavy (non-hydrogen) atoms. The van der Waals surface area contributed by atoms with E-state index in [0.717, 1.165) is 11.1 Å². The van der Waals surface area contributed by atoms with E-state index in [4.69, 9.17) is 0 Å². The van der Waals surface area contributed by atoms with Crippen LogP contribution in [0.15, 0.2) is 84.2 Å². The molecule has 0 bridgehead atoms. The van der Waals surface area contributed by atoms with E-state index in [1.54, 1.807) is 23.1 Å². The fourth-order valence-electron chi connectivity index (χ4n) is 2.82. The van der Waals surface area contributed by atoms with Crippen molar-refractivity contribution in [3.63, 3.8) is 0 Å². The molecule has 8 nitrogen and oxygen atoms in total. The maximum Gasteiger partial charge on any atom is 0.272 e. The van der Waals surface area contributed by atoms with Crippen molar-refractivity contribution in [3.8, 4) is 5.69 Å². The number of para-hydroxylation sites is 1. The molecule has 0 fully saturated rings. The zero-order valence-corrected chi connectivity index (χ0v) is 15.5. The highest BCUT2D eigenvalue weighted by Crippen LogP contribution is 2.07. The first kappa shape index (κ1) is 18.3. The lowest BCUT2D eigenvalue weighted by Crippen LogP contribution is -2.28. The van der Waals surface area contributed by atoms with Gasteiger partial charge in [0.1, 0.15) is 18.3 Å². The van der Waals surface area contributed by atoms with Crippen LogP contribution >= 0.6 is 0 Å². The first-order valence-corrected chi connectivity index (χ1v) is 9.03. The topological polar surface area (TPSA) is 94.7 Å². The quantitative estimate of drug-likeness (QED) is 0.545. The van der Waals surface area contributed by atoms with E-state index in [2.05, 4.69) is 20.5 Å². The van der Waals surface area contributed by atoms with Crippen LogP contribution in [0.1, 0.15) is 21.6 Å². The second kappa shape index (κ2) is 8.30. The summed E-state index contributed by atoms with van der Waals surface area (Å²) in [6.07, 6.45) is 3.16. The molecule has 0 atom stereocenters. The van der Waals surface area contributed by atoms with Crippen LogP contribution < -0.4 is 10.9 Å². The number of nitrogens with one attached hydrogen (secondary N) is 1. The maximum atomic E-state index is 12.5. The molecule has 2 aromatic carbocycles. The van der Waals surface area contributed by atoms with E-state index >= 15 is 0 Å². The van der Waals surface area contributed by atoms with Gasteiger partial charge in [-0.3, -0.25) is 9.59 Å². The molecule has 0 radical (unpaired) electrons. The van der Waals surface area contributed by atoms with Gasteiger partial charge in [0.05, 0.1) is 12.2 Å². The van der Waals surface area contributed by atoms with Gasteiger partial charge in [0.25, 0.3) is 11.5 Å². The third-order valence-electron chi connectivity index (χ3n) is 4.32. The van der Waals surface area contributed by atoms with Gasteiger partial charge in [-0.15, -0.1) is 0 Å². The third kappa shape index (κ3) is 4.44. The number of carbonyl (C=O) groups excluding carboxylic acids is 1. The van der Waals surface area contributed by atoms with Gasteiger partial charge in [-0.2, -0.15) is 14.9 Å². The van der Waals surface area contributed by atoms with Crippen LogP contribution in [0, 0.1) is 0 Å². The molecule has 0 saturated heterocycles. The molecule has 2 heterocycles. The average molecular weight is 386 g/mol. The van der Waals surface area contributed by atoms with Crippen molar-refractivity contribution in [2.45, 2.75) is 13.1 Å². The number of hydrogen-bond donors (Lipinski definition) is 1. The van der Waals surface area contributed by atoms with Crippen LogP contribution in [-0.4, -0.2) is 30.5 Å². The standard InChI is InChI=1S/C21H18N6O2/c28-20-11-10-19(25-27(20)18-4-2-1-3-5-18)21(29)23-12-16-6-8-17(9-7-16)13-26-15-22-14-24-26/h1-11,14-15H,12-13H2,(H,23,29). The van der Waals surface area contributed by atoms with Gasteiger partial charge in [0.15, 0.2) is 0 Å². The number of amides is 1. The predicted molar refractivity (Wildman–Crippen MR) is 107 cm³/mol. The van der Waals surface area contributed by atoms with Crippen molar-refractivity contribution in [3.05, 3.63) is 107 Å². The van der Waals surface area contributed by atoms with Crippen molar-refractivity contribution < 1.29 is 4.79 Å². The minimum atomic E-state index is -0.346. The number of nitrogens with zero attached hydrogens (tertiary/aromatic N) is 5. The van der Waals surface area contributed by atoms with Crippen molar-refractivity contribution >= 4 is 5.91 Å². The molecule has 144 valence electrons. The molecule has 1 amide bonds. The second-order valence-corrected chi connectivity index (χ2v) is 6.40. The molecule has 0 aliphatic heterocycles. The van der Waals surface area contributed by atoms with E-state index in [1.165, 1.54) is 23.1 Å². The zero-order chi connectivity index (χ0) is 20.1. The normalized spacial score (nSPS) is 10.6. The van der Waals surface area contributed by atoms with Crippen LogP contribution in [0.25, 0.3) is 5.69 Å². The first-order valence-electron chi connectivity index (χ1n) is 9.03. The van der Waals surface area contributed by atoms with E-state index in [9.17, 15) is 9.59 Å². The summed E-state index contributed by atoms with van der Waals surface area (Å²) in [4.78, 5) is 28.5. The maximum absolute atomic E-state index is 12.5. The number of hydrogen-bond acceptors (Lipinski definition) is 5. The molecule has 8 heteroatoms. The second-order valence-electron chi connectivity index (χ2n) is 6.40. The van der Waals surface area contributed by atoms with E-state index in [0.29, 0.717) is 18.8 Å². The van der Waals surface area contributed by atoms with Gasteiger partial charge in [0.2, 0.25) is 0 Å². The van der Waals surface area contributed by atoms with Crippen LogP contribution in [0.4, 0.5) is 0 Å².